The topological polar surface area (TPSA) is 46.9 Å². The molecule has 25 heavy (non-hydrogen) atoms. The van der Waals surface area contributed by atoms with Gasteiger partial charge in [-0.1, -0.05) is 35.9 Å². The molecule has 1 aliphatic rings. The van der Waals surface area contributed by atoms with Gasteiger partial charge in [0.2, 0.25) is 5.91 Å². The Bertz CT molecular complexity index is 983. The van der Waals surface area contributed by atoms with Crippen LogP contribution in [0.5, 0.6) is 0 Å². The lowest BCUT2D eigenvalue weighted by Crippen LogP contribution is -2.25. The monoisotopic (exact) mass is 355 g/mol. The molecule has 0 unspecified atom stereocenters. The quantitative estimate of drug-likeness (QED) is 0.738. The lowest BCUT2D eigenvalue weighted by molar-refractivity contribution is -0.116. The van der Waals surface area contributed by atoms with E-state index in [4.69, 9.17) is 11.6 Å². The number of fused-ring (bicyclic) bond motifs is 1. The van der Waals surface area contributed by atoms with Crippen molar-refractivity contribution in [3.8, 4) is 5.69 Å². The number of halogens is 2. The number of carbonyl (C=O) groups excluding carboxylic acids is 1. The average molecular weight is 356 g/mol. The molecule has 2 aromatic carbocycles. The number of anilines is 1. The predicted octanol–water partition coefficient (Wildman–Crippen LogP) is 4.45. The average Bonchev–Trinajstić information content (AvgIpc) is 3.01. The van der Waals surface area contributed by atoms with Crippen molar-refractivity contribution in [3.05, 3.63) is 76.2 Å². The number of carbonyl (C=O) groups is 1. The summed E-state index contributed by atoms with van der Waals surface area (Å²) < 4.78 is 15.9. The summed E-state index contributed by atoms with van der Waals surface area (Å²) in [6, 6.07) is 12.1. The molecule has 1 atom stereocenters. The van der Waals surface area contributed by atoms with E-state index in [1.54, 1.807) is 35.1 Å². The van der Waals surface area contributed by atoms with Gasteiger partial charge in [-0.25, -0.2) is 9.07 Å². The zero-order valence-corrected chi connectivity index (χ0v) is 14.2. The van der Waals surface area contributed by atoms with Gasteiger partial charge in [-0.15, -0.1) is 0 Å². The van der Waals surface area contributed by atoms with E-state index in [0.717, 1.165) is 16.8 Å². The number of benzene rings is 2. The summed E-state index contributed by atoms with van der Waals surface area (Å²) in [4.78, 5) is 12.3. The second-order valence-corrected chi connectivity index (χ2v) is 6.48. The van der Waals surface area contributed by atoms with Crippen molar-refractivity contribution in [1.29, 1.82) is 0 Å². The van der Waals surface area contributed by atoms with Crippen molar-refractivity contribution in [2.45, 2.75) is 19.3 Å². The largest absolute Gasteiger partial charge is 0.310 e. The maximum absolute atomic E-state index is 14.3. The summed E-state index contributed by atoms with van der Waals surface area (Å²) in [6.07, 6.45) is 1.88. The van der Waals surface area contributed by atoms with Crippen LogP contribution in [0.15, 0.2) is 48.7 Å². The number of amides is 1. The lowest BCUT2D eigenvalue weighted by Gasteiger charge is -2.24. The fraction of sp³-hybridized carbons (Fsp3) is 0.158. The summed E-state index contributed by atoms with van der Waals surface area (Å²) >= 11 is 6.21. The van der Waals surface area contributed by atoms with Crippen LogP contribution in [0.3, 0.4) is 0 Å². The Morgan fingerprint density at radius 2 is 2.00 bits per heavy atom. The van der Waals surface area contributed by atoms with Crippen molar-refractivity contribution in [2.24, 2.45) is 0 Å². The van der Waals surface area contributed by atoms with Crippen LogP contribution in [-0.4, -0.2) is 15.7 Å². The molecule has 0 saturated carbocycles. The Balaban J connectivity index is 1.88. The van der Waals surface area contributed by atoms with Gasteiger partial charge in [0.25, 0.3) is 0 Å². The Morgan fingerprint density at radius 1 is 1.20 bits per heavy atom. The molecule has 0 aliphatic carbocycles. The summed E-state index contributed by atoms with van der Waals surface area (Å²) in [5.41, 5.74) is 2.94. The minimum Gasteiger partial charge on any atom is -0.310 e. The molecule has 0 bridgehead atoms. The van der Waals surface area contributed by atoms with Gasteiger partial charge in [-0.3, -0.25) is 4.79 Å². The fourth-order valence-electron chi connectivity index (χ4n) is 3.26. The molecule has 4 nitrogen and oxygen atoms in total. The van der Waals surface area contributed by atoms with Gasteiger partial charge in [-0.05, 0) is 36.2 Å². The Kier molecular flexibility index (Phi) is 3.81. The molecule has 2 heterocycles. The summed E-state index contributed by atoms with van der Waals surface area (Å²) in [5, 5.41) is 7.92. The lowest BCUT2D eigenvalue weighted by atomic mass is 9.87. The molecule has 1 amide bonds. The highest BCUT2D eigenvalue weighted by molar-refractivity contribution is 6.31. The summed E-state index contributed by atoms with van der Waals surface area (Å²) in [7, 11) is 0. The molecule has 0 saturated heterocycles. The zero-order chi connectivity index (χ0) is 17.6. The van der Waals surface area contributed by atoms with Crippen LogP contribution in [0.4, 0.5) is 10.2 Å². The number of rotatable bonds is 2. The molecule has 126 valence electrons. The van der Waals surface area contributed by atoms with Gasteiger partial charge >= 0.3 is 0 Å². The molecule has 3 aromatic rings. The first-order valence-corrected chi connectivity index (χ1v) is 8.31. The minimum absolute atomic E-state index is 0.165. The van der Waals surface area contributed by atoms with Gasteiger partial charge in [-0.2, -0.15) is 5.10 Å². The van der Waals surface area contributed by atoms with Crippen molar-refractivity contribution < 1.29 is 9.18 Å². The number of hydrogen-bond donors (Lipinski definition) is 1. The van der Waals surface area contributed by atoms with Crippen molar-refractivity contribution >= 4 is 23.3 Å². The summed E-state index contributed by atoms with van der Waals surface area (Å²) in [5.74, 6) is -0.282. The highest BCUT2D eigenvalue weighted by Crippen LogP contribution is 2.39. The van der Waals surface area contributed by atoms with E-state index in [1.165, 1.54) is 6.07 Å². The Hall–Kier alpha value is -2.66. The third kappa shape index (κ3) is 2.61. The molecule has 6 heteroatoms. The van der Waals surface area contributed by atoms with Crippen LogP contribution < -0.4 is 5.32 Å². The second kappa shape index (κ2) is 6.01. The van der Waals surface area contributed by atoms with Gasteiger partial charge in [0.05, 0.1) is 11.9 Å². The standard InChI is InChI=1S/C19H15ClFN3O/c1-11-15(20)6-4-8-17(11)24-19-14(10-22-24)13(9-18(25)23-19)12-5-2-3-7-16(12)21/h2-8,10,13H,9H2,1H3,(H,23,25)/t13-/m1/s1. The van der Waals surface area contributed by atoms with Crippen LogP contribution in [0, 0.1) is 12.7 Å². The van der Waals surface area contributed by atoms with E-state index in [2.05, 4.69) is 10.4 Å². The molecule has 0 spiro atoms. The molecule has 4 rings (SSSR count). The molecular formula is C19H15ClFN3O. The van der Waals surface area contributed by atoms with E-state index >= 15 is 0 Å². The molecule has 1 aliphatic heterocycles. The predicted molar refractivity (Wildman–Crippen MR) is 94.8 cm³/mol. The van der Waals surface area contributed by atoms with Crippen LogP contribution in [0.2, 0.25) is 5.02 Å². The molecule has 0 fully saturated rings. The van der Waals surface area contributed by atoms with Gasteiger partial charge in [0.1, 0.15) is 11.6 Å². The molecule has 0 radical (unpaired) electrons. The molecule has 1 aromatic heterocycles. The normalized spacial score (nSPS) is 16.4. The smallest absolute Gasteiger partial charge is 0.226 e. The minimum atomic E-state index is -0.363. The van der Waals surface area contributed by atoms with E-state index in [1.807, 2.05) is 19.1 Å². The maximum atomic E-state index is 14.3. The number of hydrogen-bond acceptors (Lipinski definition) is 2. The van der Waals surface area contributed by atoms with Crippen molar-refractivity contribution in [2.75, 3.05) is 5.32 Å². The van der Waals surface area contributed by atoms with E-state index in [0.29, 0.717) is 16.4 Å². The van der Waals surface area contributed by atoms with Crippen LogP contribution >= 0.6 is 11.6 Å². The van der Waals surface area contributed by atoms with Gasteiger partial charge in [0, 0.05) is 22.9 Å². The van der Waals surface area contributed by atoms with E-state index in [-0.39, 0.29) is 24.1 Å². The van der Waals surface area contributed by atoms with Crippen LogP contribution in [-0.2, 0) is 4.79 Å². The third-order valence-electron chi connectivity index (χ3n) is 4.57. The number of aromatic nitrogens is 2. The third-order valence-corrected chi connectivity index (χ3v) is 4.98. The SMILES string of the molecule is Cc1c(Cl)cccc1-n1ncc2c1NC(=O)C[C@@H]2c1ccccc1F. The van der Waals surface area contributed by atoms with Crippen LogP contribution in [0.25, 0.3) is 5.69 Å². The van der Waals surface area contributed by atoms with E-state index in [9.17, 15) is 9.18 Å². The first-order chi connectivity index (χ1) is 12.1. The first kappa shape index (κ1) is 15.8. The highest BCUT2D eigenvalue weighted by Gasteiger charge is 2.32. The van der Waals surface area contributed by atoms with E-state index < -0.39 is 0 Å². The van der Waals surface area contributed by atoms with Crippen molar-refractivity contribution in [1.82, 2.24) is 9.78 Å². The zero-order valence-electron chi connectivity index (χ0n) is 13.5. The maximum Gasteiger partial charge on any atom is 0.226 e. The first-order valence-electron chi connectivity index (χ1n) is 7.94. The Morgan fingerprint density at radius 3 is 2.80 bits per heavy atom. The number of nitrogens with zero attached hydrogens (tertiary/aromatic N) is 2. The van der Waals surface area contributed by atoms with Crippen molar-refractivity contribution in [3.63, 3.8) is 0 Å². The second-order valence-electron chi connectivity index (χ2n) is 6.07. The van der Waals surface area contributed by atoms with Gasteiger partial charge < -0.3 is 5.32 Å². The number of nitrogens with one attached hydrogen (secondary N) is 1. The highest BCUT2D eigenvalue weighted by atomic mass is 35.5. The molecule has 1 N–H and O–H groups in total. The van der Waals surface area contributed by atoms with Crippen LogP contribution in [0.1, 0.15) is 29.0 Å². The summed E-state index contributed by atoms with van der Waals surface area (Å²) in [6.45, 7) is 1.89. The molecular weight excluding hydrogens is 341 g/mol. The van der Waals surface area contributed by atoms with Gasteiger partial charge in [0.15, 0.2) is 0 Å². The fourth-order valence-corrected chi connectivity index (χ4v) is 3.43. The Labute approximate surface area is 149 Å².